The Balaban J connectivity index is 1.33. The van der Waals surface area contributed by atoms with E-state index in [1.807, 2.05) is 36.4 Å². The molecule has 208 valence electrons. The van der Waals surface area contributed by atoms with Crippen LogP contribution in [-0.2, 0) is 21.1 Å². The van der Waals surface area contributed by atoms with Gasteiger partial charge in [0.05, 0.1) is 46.2 Å². The molecule has 40 heavy (non-hydrogen) atoms. The van der Waals surface area contributed by atoms with Gasteiger partial charge in [0.2, 0.25) is 0 Å². The maximum Gasteiger partial charge on any atom is 0.251 e. The van der Waals surface area contributed by atoms with Gasteiger partial charge in [-0.1, -0.05) is 12.1 Å². The number of hydrogen-bond donors (Lipinski definition) is 1. The Morgan fingerprint density at radius 3 is 2.65 bits per heavy atom. The van der Waals surface area contributed by atoms with Crippen LogP contribution in [0.4, 0.5) is 5.82 Å². The van der Waals surface area contributed by atoms with Gasteiger partial charge >= 0.3 is 0 Å². The first-order valence-electron chi connectivity index (χ1n) is 13.2. The molecule has 3 aromatic heterocycles. The lowest BCUT2D eigenvalue weighted by atomic mass is 10.1. The number of nitrogens with zero attached hydrogens (tertiary/aromatic N) is 4. The molecule has 1 aliphatic rings. The predicted octanol–water partition coefficient (Wildman–Crippen LogP) is 4.34. The number of carbonyl (C=O) groups is 1. The molecule has 1 N–H and O–H groups in total. The van der Waals surface area contributed by atoms with Crippen LogP contribution in [0.3, 0.4) is 0 Å². The lowest BCUT2D eigenvalue weighted by Gasteiger charge is -2.23. The van der Waals surface area contributed by atoms with Gasteiger partial charge in [0.15, 0.2) is 9.84 Å². The fourth-order valence-electron chi connectivity index (χ4n) is 4.70. The lowest BCUT2D eigenvalue weighted by Crippen LogP contribution is -2.27. The van der Waals surface area contributed by atoms with E-state index in [0.29, 0.717) is 17.9 Å². The molecule has 4 heterocycles. The van der Waals surface area contributed by atoms with Gasteiger partial charge < -0.3 is 15.0 Å². The molecule has 1 amide bonds. The molecular weight excluding hydrogens is 526 g/mol. The third kappa shape index (κ3) is 6.29. The van der Waals surface area contributed by atoms with Crippen molar-refractivity contribution >= 4 is 32.5 Å². The van der Waals surface area contributed by atoms with Gasteiger partial charge in [-0.2, -0.15) is 0 Å². The van der Waals surface area contributed by atoms with Crippen molar-refractivity contribution < 1.29 is 17.9 Å². The number of carbonyl (C=O) groups excluding carboxylic acids is 1. The van der Waals surface area contributed by atoms with E-state index >= 15 is 0 Å². The number of sulfone groups is 1. The van der Waals surface area contributed by atoms with Gasteiger partial charge in [-0.25, -0.2) is 18.4 Å². The Labute approximate surface area is 234 Å². The van der Waals surface area contributed by atoms with Crippen molar-refractivity contribution in [1.29, 1.82) is 0 Å². The van der Waals surface area contributed by atoms with Crippen LogP contribution < -0.4 is 10.2 Å². The zero-order chi connectivity index (χ0) is 28.5. The fraction of sp³-hybridized carbons (Fsp3) is 0.333. The van der Waals surface area contributed by atoms with Gasteiger partial charge in [-0.05, 0) is 75.2 Å². The lowest BCUT2D eigenvalue weighted by molar-refractivity contribution is -0.00770. The SMILES string of the molecule is Cc1ccc(C(=O)NCc2cc3nc(-c4cccc(N5CCOC(C)(C)CC5)n4)ccc3cn2)cc1S(C)(=O)=O. The molecule has 0 unspecified atom stereocenters. The molecule has 1 aliphatic heterocycles. The first-order chi connectivity index (χ1) is 19.0. The van der Waals surface area contributed by atoms with E-state index in [9.17, 15) is 13.2 Å². The predicted molar refractivity (Wildman–Crippen MR) is 155 cm³/mol. The summed E-state index contributed by atoms with van der Waals surface area (Å²) < 4.78 is 30.0. The molecule has 5 rings (SSSR count). The summed E-state index contributed by atoms with van der Waals surface area (Å²) in [5.41, 5.74) is 3.63. The van der Waals surface area contributed by atoms with E-state index in [1.54, 1.807) is 25.3 Å². The number of amides is 1. The number of pyridine rings is 3. The minimum absolute atomic E-state index is 0.142. The summed E-state index contributed by atoms with van der Waals surface area (Å²) in [6.07, 6.45) is 3.78. The molecule has 1 aromatic carbocycles. The van der Waals surface area contributed by atoms with Gasteiger partial charge in [0, 0.05) is 36.5 Å². The number of aryl methyl sites for hydroxylation is 1. The van der Waals surface area contributed by atoms with Gasteiger partial charge in [-0.3, -0.25) is 9.78 Å². The first kappa shape index (κ1) is 27.7. The Hall–Kier alpha value is -3.89. The number of hydrogen-bond acceptors (Lipinski definition) is 8. The summed E-state index contributed by atoms with van der Waals surface area (Å²) in [5.74, 6) is 0.519. The summed E-state index contributed by atoms with van der Waals surface area (Å²) in [7, 11) is -3.44. The monoisotopic (exact) mass is 559 g/mol. The molecule has 0 aliphatic carbocycles. The van der Waals surface area contributed by atoms with Crippen LogP contribution in [0.5, 0.6) is 0 Å². The molecule has 9 nitrogen and oxygen atoms in total. The molecule has 0 saturated carbocycles. The minimum atomic E-state index is -3.44. The van der Waals surface area contributed by atoms with E-state index in [2.05, 4.69) is 29.0 Å². The zero-order valence-electron chi connectivity index (χ0n) is 23.1. The van der Waals surface area contributed by atoms with Gasteiger partial charge in [0.1, 0.15) is 5.82 Å². The van der Waals surface area contributed by atoms with Crippen molar-refractivity contribution in [3.63, 3.8) is 0 Å². The first-order valence-corrected chi connectivity index (χ1v) is 15.1. The third-order valence-electron chi connectivity index (χ3n) is 7.07. The van der Waals surface area contributed by atoms with E-state index in [0.717, 1.165) is 53.9 Å². The van der Waals surface area contributed by atoms with E-state index in [-0.39, 0.29) is 28.5 Å². The van der Waals surface area contributed by atoms with Crippen molar-refractivity contribution in [3.05, 3.63) is 77.6 Å². The molecule has 0 radical (unpaired) electrons. The maximum atomic E-state index is 12.8. The molecule has 4 aromatic rings. The van der Waals surface area contributed by atoms with Crippen molar-refractivity contribution in [2.24, 2.45) is 0 Å². The van der Waals surface area contributed by atoms with Crippen molar-refractivity contribution in [2.45, 2.75) is 44.2 Å². The Morgan fingerprint density at radius 2 is 1.85 bits per heavy atom. The standard InChI is InChI=1S/C30H33N5O4S/c1-20-8-9-21(16-27(20)40(4,37)38)29(36)32-19-23-17-26-22(18-31-23)10-11-25(33-26)24-6-5-7-28(34-24)35-13-12-30(2,3)39-15-14-35/h5-11,16-18H,12-15,19H2,1-4H3,(H,32,36). The van der Waals surface area contributed by atoms with Crippen LogP contribution >= 0.6 is 0 Å². The molecular formula is C30H33N5O4S. The molecule has 1 saturated heterocycles. The number of rotatable bonds is 6. The number of nitrogens with one attached hydrogen (secondary N) is 1. The topological polar surface area (TPSA) is 114 Å². The van der Waals surface area contributed by atoms with Crippen LogP contribution in [0.15, 0.2) is 65.7 Å². The maximum absolute atomic E-state index is 12.8. The van der Waals surface area contributed by atoms with Crippen molar-refractivity contribution in [2.75, 3.05) is 30.9 Å². The van der Waals surface area contributed by atoms with Gasteiger partial charge in [-0.15, -0.1) is 0 Å². The van der Waals surface area contributed by atoms with E-state index in [1.165, 1.54) is 6.07 Å². The van der Waals surface area contributed by atoms with Crippen LogP contribution in [0.25, 0.3) is 22.3 Å². The fourth-order valence-corrected chi connectivity index (χ4v) is 5.70. The summed E-state index contributed by atoms with van der Waals surface area (Å²) >= 11 is 0. The minimum Gasteiger partial charge on any atom is -0.374 e. The Morgan fingerprint density at radius 1 is 1.05 bits per heavy atom. The Kier molecular flexibility index (Phi) is 7.57. The Bertz CT molecular complexity index is 1690. The summed E-state index contributed by atoms with van der Waals surface area (Å²) in [6.45, 7) is 8.41. The highest BCUT2D eigenvalue weighted by Gasteiger charge is 2.24. The summed E-state index contributed by atoms with van der Waals surface area (Å²) in [5, 5.41) is 3.70. The smallest absolute Gasteiger partial charge is 0.251 e. The second-order valence-electron chi connectivity index (χ2n) is 10.7. The van der Waals surface area contributed by atoms with Crippen LogP contribution in [0.2, 0.25) is 0 Å². The number of benzene rings is 1. The highest BCUT2D eigenvalue weighted by atomic mass is 32.2. The second kappa shape index (κ2) is 10.9. The average molecular weight is 560 g/mol. The molecule has 10 heteroatoms. The molecule has 0 atom stereocenters. The van der Waals surface area contributed by atoms with Crippen molar-refractivity contribution in [3.8, 4) is 11.4 Å². The summed E-state index contributed by atoms with van der Waals surface area (Å²) in [6, 6.07) is 16.3. The molecule has 0 spiro atoms. The van der Waals surface area contributed by atoms with Crippen molar-refractivity contribution in [1.82, 2.24) is 20.3 Å². The number of fused-ring (bicyclic) bond motifs is 1. The number of anilines is 1. The average Bonchev–Trinajstić information content (AvgIpc) is 3.11. The number of aromatic nitrogens is 3. The normalized spacial score (nSPS) is 15.6. The quantitative estimate of drug-likeness (QED) is 0.371. The second-order valence-corrected chi connectivity index (χ2v) is 12.7. The highest BCUT2D eigenvalue weighted by molar-refractivity contribution is 7.90. The molecule has 0 bridgehead atoms. The third-order valence-corrected chi connectivity index (χ3v) is 8.31. The highest BCUT2D eigenvalue weighted by Crippen LogP contribution is 2.25. The van der Waals surface area contributed by atoms with Crippen LogP contribution in [-0.4, -0.2) is 60.8 Å². The summed E-state index contributed by atoms with van der Waals surface area (Å²) in [4.78, 5) is 29.4. The van der Waals surface area contributed by atoms with E-state index in [4.69, 9.17) is 14.7 Å². The van der Waals surface area contributed by atoms with Gasteiger partial charge in [0.25, 0.3) is 5.91 Å². The van der Waals surface area contributed by atoms with Crippen LogP contribution in [0, 0.1) is 6.92 Å². The zero-order valence-corrected chi connectivity index (χ0v) is 24.0. The largest absolute Gasteiger partial charge is 0.374 e. The molecule has 1 fully saturated rings. The number of ether oxygens (including phenoxy) is 1. The van der Waals surface area contributed by atoms with Crippen LogP contribution in [0.1, 0.15) is 41.9 Å². The van der Waals surface area contributed by atoms with E-state index < -0.39 is 9.84 Å².